The number of ketones is 1. The van der Waals surface area contributed by atoms with Crippen LogP contribution in [0.15, 0.2) is 0 Å². The van der Waals surface area contributed by atoms with E-state index in [-0.39, 0.29) is 0 Å². The van der Waals surface area contributed by atoms with Crippen molar-refractivity contribution in [2.75, 3.05) is 13.1 Å². The molecule has 0 radical (unpaired) electrons. The van der Waals surface area contributed by atoms with Crippen LogP contribution in [0.3, 0.4) is 0 Å². The summed E-state index contributed by atoms with van der Waals surface area (Å²) in [5.41, 5.74) is 0. The molecule has 3 unspecified atom stereocenters. The molecule has 2 rings (SSSR count). The maximum Gasteiger partial charge on any atom is 0.137 e. The molecule has 0 aromatic carbocycles. The van der Waals surface area contributed by atoms with Crippen molar-refractivity contribution in [3.63, 3.8) is 0 Å². The van der Waals surface area contributed by atoms with E-state index in [4.69, 9.17) is 0 Å². The second-order valence-electron chi connectivity index (χ2n) is 6.67. The molecule has 18 heavy (non-hydrogen) atoms. The van der Waals surface area contributed by atoms with Gasteiger partial charge in [-0.2, -0.15) is 0 Å². The normalized spacial score (nSPS) is 33.1. The molecule has 0 amide bonds. The molecule has 0 aromatic rings. The zero-order chi connectivity index (χ0) is 13.1. The van der Waals surface area contributed by atoms with E-state index in [0.717, 1.165) is 19.0 Å². The maximum atomic E-state index is 12.2. The first-order valence-electron chi connectivity index (χ1n) is 7.88. The highest BCUT2D eigenvalue weighted by molar-refractivity contribution is 5.82. The Hall–Kier alpha value is -0.370. The molecule has 2 fully saturated rings. The molecule has 2 nitrogen and oxygen atoms in total. The quantitative estimate of drug-likeness (QED) is 0.720. The van der Waals surface area contributed by atoms with Crippen molar-refractivity contribution in [2.45, 2.75) is 65.3 Å². The zero-order valence-corrected chi connectivity index (χ0v) is 12.3. The number of nitrogens with zero attached hydrogens (tertiary/aromatic N) is 1. The summed E-state index contributed by atoms with van der Waals surface area (Å²) in [6, 6.07) is 0.802. The Labute approximate surface area is 112 Å². The van der Waals surface area contributed by atoms with Crippen LogP contribution in [-0.2, 0) is 4.79 Å². The van der Waals surface area contributed by atoms with Crippen LogP contribution in [0.25, 0.3) is 0 Å². The molecule has 0 aromatic heterocycles. The van der Waals surface area contributed by atoms with E-state index in [2.05, 4.69) is 25.7 Å². The molecule has 0 aliphatic heterocycles. The van der Waals surface area contributed by atoms with Gasteiger partial charge in [-0.3, -0.25) is 9.69 Å². The molecule has 2 aliphatic rings. The first kappa shape index (κ1) is 14.0. The number of rotatable bonds is 6. The lowest BCUT2D eigenvalue weighted by atomic mass is 9.74. The van der Waals surface area contributed by atoms with Crippen LogP contribution in [0.4, 0.5) is 0 Å². The molecule has 2 heteroatoms. The average molecular weight is 251 g/mol. The minimum absolute atomic E-state index is 0.318. The highest BCUT2D eigenvalue weighted by Gasteiger charge is 2.37. The van der Waals surface area contributed by atoms with Gasteiger partial charge in [-0.1, -0.05) is 27.2 Å². The zero-order valence-electron chi connectivity index (χ0n) is 12.3. The van der Waals surface area contributed by atoms with Crippen LogP contribution in [0, 0.1) is 17.8 Å². The van der Waals surface area contributed by atoms with E-state index in [1.807, 2.05) is 0 Å². The van der Waals surface area contributed by atoms with Gasteiger partial charge in [-0.25, -0.2) is 0 Å². The predicted molar refractivity (Wildman–Crippen MR) is 75.6 cm³/mol. The summed E-state index contributed by atoms with van der Waals surface area (Å²) in [7, 11) is 0. The van der Waals surface area contributed by atoms with Gasteiger partial charge in [0, 0.05) is 24.9 Å². The molecule has 0 spiro atoms. The van der Waals surface area contributed by atoms with Gasteiger partial charge < -0.3 is 0 Å². The third-order valence-corrected chi connectivity index (χ3v) is 4.72. The van der Waals surface area contributed by atoms with Gasteiger partial charge in [0.1, 0.15) is 5.78 Å². The molecule has 0 bridgehead atoms. The SMILES string of the molecule is CCCCN(CC1C(=O)CC(C)CC1C)C1CC1. The summed E-state index contributed by atoms with van der Waals surface area (Å²) in [5.74, 6) is 2.04. The molecule has 2 saturated carbocycles. The van der Waals surface area contributed by atoms with Gasteiger partial charge in [-0.05, 0) is 44.1 Å². The minimum Gasteiger partial charge on any atom is -0.300 e. The standard InChI is InChI=1S/C16H29NO/c1-4-5-8-17(14-6-7-14)11-15-13(3)9-12(2)10-16(15)18/h12-15H,4-11H2,1-3H3. The highest BCUT2D eigenvalue weighted by atomic mass is 16.1. The summed E-state index contributed by atoms with van der Waals surface area (Å²) in [6.45, 7) is 9.00. The van der Waals surface area contributed by atoms with Crippen molar-refractivity contribution < 1.29 is 4.79 Å². The summed E-state index contributed by atoms with van der Waals surface area (Å²) >= 11 is 0. The Morgan fingerprint density at radius 3 is 2.56 bits per heavy atom. The smallest absolute Gasteiger partial charge is 0.137 e. The molecular formula is C16H29NO. The molecule has 2 aliphatic carbocycles. The lowest BCUT2D eigenvalue weighted by molar-refractivity contribution is -0.128. The second-order valence-corrected chi connectivity index (χ2v) is 6.67. The Bertz CT molecular complexity index is 285. The summed E-state index contributed by atoms with van der Waals surface area (Å²) in [5, 5.41) is 0. The second kappa shape index (κ2) is 6.18. The topological polar surface area (TPSA) is 20.3 Å². The fourth-order valence-corrected chi connectivity index (χ4v) is 3.45. The van der Waals surface area contributed by atoms with Crippen LogP contribution in [-0.4, -0.2) is 29.8 Å². The first-order chi connectivity index (χ1) is 8.61. The van der Waals surface area contributed by atoms with Crippen molar-refractivity contribution in [3.05, 3.63) is 0 Å². The monoisotopic (exact) mass is 251 g/mol. The van der Waals surface area contributed by atoms with E-state index in [1.54, 1.807) is 0 Å². The van der Waals surface area contributed by atoms with Crippen LogP contribution >= 0.6 is 0 Å². The number of carbonyl (C=O) groups is 1. The molecule has 0 saturated heterocycles. The number of hydrogen-bond acceptors (Lipinski definition) is 2. The van der Waals surface area contributed by atoms with Gasteiger partial charge in [0.2, 0.25) is 0 Å². The van der Waals surface area contributed by atoms with E-state index in [1.165, 1.54) is 38.6 Å². The Morgan fingerprint density at radius 1 is 1.28 bits per heavy atom. The lowest BCUT2D eigenvalue weighted by Crippen LogP contribution is -2.41. The van der Waals surface area contributed by atoms with Gasteiger partial charge in [-0.15, -0.1) is 0 Å². The summed E-state index contributed by atoms with van der Waals surface area (Å²) in [4.78, 5) is 14.9. The highest BCUT2D eigenvalue weighted by Crippen LogP contribution is 2.34. The van der Waals surface area contributed by atoms with Crippen LogP contribution in [0.5, 0.6) is 0 Å². The third-order valence-electron chi connectivity index (χ3n) is 4.72. The first-order valence-corrected chi connectivity index (χ1v) is 7.88. The Morgan fingerprint density at radius 2 is 2.00 bits per heavy atom. The molecular weight excluding hydrogens is 222 g/mol. The minimum atomic E-state index is 0.318. The van der Waals surface area contributed by atoms with Crippen molar-refractivity contribution in [2.24, 2.45) is 17.8 Å². The molecule has 0 heterocycles. The van der Waals surface area contributed by atoms with Crippen molar-refractivity contribution >= 4 is 5.78 Å². The van der Waals surface area contributed by atoms with E-state index in [9.17, 15) is 4.79 Å². The fraction of sp³-hybridized carbons (Fsp3) is 0.938. The number of hydrogen-bond donors (Lipinski definition) is 0. The molecule has 3 atom stereocenters. The van der Waals surface area contributed by atoms with Crippen molar-refractivity contribution in [1.29, 1.82) is 0 Å². The Balaban J connectivity index is 1.90. The van der Waals surface area contributed by atoms with Crippen LogP contribution < -0.4 is 0 Å². The van der Waals surface area contributed by atoms with Crippen molar-refractivity contribution in [1.82, 2.24) is 4.90 Å². The van der Waals surface area contributed by atoms with Crippen LogP contribution in [0.1, 0.15) is 59.3 Å². The maximum absolute atomic E-state index is 12.2. The van der Waals surface area contributed by atoms with Gasteiger partial charge >= 0.3 is 0 Å². The van der Waals surface area contributed by atoms with E-state index in [0.29, 0.717) is 23.5 Å². The van der Waals surface area contributed by atoms with Gasteiger partial charge in [0.15, 0.2) is 0 Å². The molecule has 0 N–H and O–H groups in total. The fourth-order valence-electron chi connectivity index (χ4n) is 3.45. The third kappa shape index (κ3) is 3.57. The van der Waals surface area contributed by atoms with Gasteiger partial charge in [0.05, 0.1) is 0 Å². The molecule has 104 valence electrons. The number of carbonyl (C=O) groups excluding carboxylic acids is 1. The van der Waals surface area contributed by atoms with Crippen LogP contribution in [0.2, 0.25) is 0 Å². The summed E-state index contributed by atoms with van der Waals surface area (Å²) in [6.07, 6.45) is 7.31. The summed E-state index contributed by atoms with van der Waals surface area (Å²) < 4.78 is 0. The average Bonchev–Trinajstić information content (AvgIpc) is 3.11. The van der Waals surface area contributed by atoms with E-state index < -0.39 is 0 Å². The Kier molecular flexibility index (Phi) is 4.83. The largest absolute Gasteiger partial charge is 0.300 e. The predicted octanol–water partition coefficient (Wildman–Crippen LogP) is 3.50. The number of unbranched alkanes of at least 4 members (excludes halogenated alkanes) is 1. The van der Waals surface area contributed by atoms with Crippen molar-refractivity contribution in [3.8, 4) is 0 Å². The number of Topliss-reactive ketones (excluding diaryl/α,β-unsaturated/α-hetero) is 1. The lowest BCUT2D eigenvalue weighted by Gasteiger charge is -2.35. The van der Waals surface area contributed by atoms with Gasteiger partial charge in [0.25, 0.3) is 0 Å². The van der Waals surface area contributed by atoms with E-state index >= 15 is 0 Å².